The Morgan fingerprint density at radius 1 is 0.762 bits per heavy atom. The largest absolute Gasteiger partial charge is 0.455 e. The highest BCUT2D eigenvalue weighted by molar-refractivity contribution is 6.30. The van der Waals surface area contributed by atoms with Crippen molar-refractivity contribution < 1.29 is 38.2 Å². The lowest BCUT2D eigenvalue weighted by atomic mass is 10.1. The van der Waals surface area contributed by atoms with Gasteiger partial charge in [-0.25, -0.2) is 14.6 Å². The fraction of sp³-hybridized carbons (Fsp3) is 0.258. The van der Waals surface area contributed by atoms with Gasteiger partial charge in [-0.1, -0.05) is 67.1 Å². The highest BCUT2D eigenvalue weighted by Gasteiger charge is 2.43. The van der Waals surface area contributed by atoms with Crippen LogP contribution in [0.4, 0.5) is 4.79 Å². The number of esters is 2. The summed E-state index contributed by atoms with van der Waals surface area (Å²) >= 11 is 5.98. The lowest BCUT2D eigenvalue weighted by Gasteiger charge is -2.41. The first kappa shape index (κ1) is 31.8. The lowest BCUT2D eigenvalue weighted by Crippen LogP contribution is -2.61. The zero-order valence-corrected chi connectivity index (χ0v) is 24.4. The first-order valence-electron chi connectivity index (χ1n) is 13.0. The van der Waals surface area contributed by atoms with E-state index in [1.54, 1.807) is 69.3 Å². The summed E-state index contributed by atoms with van der Waals surface area (Å²) in [6.07, 6.45) is -3.77. The lowest BCUT2D eigenvalue weighted by molar-refractivity contribution is -0.194. The Kier molecular flexibility index (Phi) is 10.8. The molecule has 3 aromatic carbocycles. The van der Waals surface area contributed by atoms with Crippen molar-refractivity contribution in [1.29, 1.82) is 0 Å². The maximum Gasteiger partial charge on any atom is 0.440 e. The smallest absolute Gasteiger partial charge is 0.440 e. The summed E-state index contributed by atoms with van der Waals surface area (Å²) in [5, 5.41) is 1.72. The van der Waals surface area contributed by atoms with Crippen LogP contribution in [0, 0.1) is 0 Å². The van der Waals surface area contributed by atoms with E-state index in [0.717, 1.165) is 5.01 Å². The molecule has 10 nitrogen and oxygen atoms in total. The average Bonchev–Trinajstić information content (AvgIpc) is 2.98. The number of hydrogen-bond donors (Lipinski definition) is 0. The van der Waals surface area contributed by atoms with E-state index in [4.69, 9.17) is 25.8 Å². The first-order valence-corrected chi connectivity index (χ1v) is 13.4. The van der Waals surface area contributed by atoms with E-state index in [0.29, 0.717) is 15.6 Å². The predicted octanol–water partition coefficient (Wildman–Crippen LogP) is 5.80. The van der Waals surface area contributed by atoms with Crippen LogP contribution in [0.3, 0.4) is 0 Å². The van der Waals surface area contributed by atoms with Crippen LogP contribution in [-0.2, 0) is 30.4 Å². The van der Waals surface area contributed by atoms with Gasteiger partial charge < -0.3 is 14.2 Å². The van der Waals surface area contributed by atoms with Gasteiger partial charge in [-0.15, -0.1) is 5.01 Å². The Labute approximate surface area is 248 Å². The first-order chi connectivity index (χ1) is 19.9. The monoisotopic (exact) mass is 594 g/mol. The van der Waals surface area contributed by atoms with E-state index in [2.05, 4.69) is 0 Å². The van der Waals surface area contributed by atoms with Crippen molar-refractivity contribution >= 4 is 41.4 Å². The van der Waals surface area contributed by atoms with Gasteiger partial charge in [-0.2, -0.15) is 0 Å². The number of rotatable bonds is 8. The summed E-state index contributed by atoms with van der Waals surface area (Å²) in [7, 11) is 0. The zero-order valence-electron chi connectivity index (χ0n) is 23.6. The van der Waals surface area contributed by atoms with Crippen LogP contribution in [0.5, 0.6) is 0 Å². The summed E-state index contributed by atoms with van der Waals surface area (Å²) in [6.45, 7) is 6.09. The minimum absolute atomic E-state index is 0.0137. The number of halogens is 1. The van der Waals surface area contributed by atoms with Gasteiger partial charge in [0, 0.05) is 22.6 Å². The third kappa shape index (κ3) is 8.40. The quantitative estimate of drug-likeness (QED) is 0.182. The maximum atomic E-state index is 13.8. The van der Waals surface area contributed by atoms with E-state index < -0.39 is 41.7 Å². The molecule has 0 saturated carbocycles. The molecule has 1 atom stereocenters. The molecule has 3 aromatic rings. The number of carbonyl (C=O) groups is 5. The molecule has 11 heteroatoms. The summed E-state index contributed by atoms with van der Waals surface area (Å²) in [6, 6.07) is 22.3. The van der Waals surface area contributed by atoms with E-state index in [-0.39, 0.29) is 24.2 Å². The second-order valence-electron chi connectivity index (χ2n) is 9.93. The number of ether oxygens (including phenoxy) is 3. The second kappa shape index (κ2) is 14.3. The Balaban J connectivity index is 2.01. The Hall–Kier alpha value is -4.70. The molecule has 220 valence electrons. The summed E-state index contributed by atoms with van der Waals surface area (Å²) in [4.78, 5) is 66.5. The molecule has 0 aromatic heterocycles. The van der Waals surface area contributed by atoms with Gasteiger partial charge in [0.05, 0.1) is 5.54 Å². The van der Waals surface area contributed by atoms with Crippen molar-refractivity contribution in [3.63, 3.8) is 0 Å². The van der Waals surface area contributed by atoms with Gasteiger partial charge in [-0.3, -0.25) is 14.4 Å². The van der Waals surface area contributed by atoms with E-state index >= 15 is 0 Å². The van der Waals surface area contributed by atoms with Crippen LogP contribution < -0.4 is 0 Å². The fourth-order valence-electron chi connectivity index (χ4n) is 3.63. The third-order valence-electron chi connectivity index (χ3n) is 5.66. The van der Waals surface area contributed by atoms with Crippen molar-refractivity contribution in [3.8, 4) is 0 Å². The molecule has 0 bridgehead atoms. The molecular formula is C31H31ClN2O8. The molecule has 0 aliphatic rings. The molecule has 0 N–H and O–H groups in total. The molecule has 0 aliphatic carbocycles. The van der Waals surface area contributed by atoms with Gasteiger partial charge in [0.15, 0.2) is 0 Å². The number of benzene rings is 3. The van der Waals surface area contributed by atoms with Crippen LogP contribution >= 0.6 is 11.6 Å². The number of hydrogen-bond acceptors (Lipinski definition) is 8. The van der Waals surface area contributed by atoms with Crippen molar-refractivity contribution in [2.75, 3.05) is 0 Å². The molecular weight excluding hydrogens is 564 g/mol. The zero-order chi connectivity index (χ0) is 30.9. The molecule has 42 heavy (non-hydrogen) atoms. The van der Waals surface area contributed by atoms with Crippen LogP contribution in [0.2, 0.25) is 5.02 Å². The fourth-order valence-corrected chi connectivity index (χ4v) is 3.76. The normalized spacial score (nSPS) is 11.5. The molecule has 0 heterocycles. The van der Waals surface area contributed by atoms with Gasteiger partial charge in [0.25, 0.3) is 11.8 Å². The summed E-state index contributed by atoms with van der Waals surface area (Å²) < 4.78 is 15.6. The van der Waals surface area contributed by atoms with Gasteiger partial charge in [-0.05, 0) is 62.7 Å². The number of amides is 3. The molecule has 3 amide bonds. The maximum absolute atomic E-state index is 13.8. The standard InChI is InChI=1S/C31H31ClN2O8/c1-5-25(35)41-29(28(38)40-20-21-12-8-6-9-13-21)42-30(39)33(26(36)23-16-18-24(32)19-17-23)34(31(2,3)4)27(37)22-14-10-7-11-15-22/h6-19,29H,5,20H2,1-4H3. The SMILES string of the molecule is CCC(=O)OC(OC(=O)N(C(=O)c1ccc(Cl)cc1)N(C(=O)c1ccccc1)C(C)(C)C)C(=O)OCc1ccccc1. The Bertz CT molecular complexity index is 1410. The van der Waals surface area contributed by atoms with Crippen LogP contribution in [-0.4, -0.2) is 51.7 Å². The van der Waals surface area contributed by atoms with Gasteiger partial charge in [0.2, 0.25) is 0 Å². The van der Waals surface area contributed by atoms with Gasteiger partial charge >= 0.3 is 24.3 Å². The number of imide groups is 1. The van der Waals surface area contributed by atoms with E-state index in [1.165, 1.54) is 43.3 Å². The molecule has 0 saturated heterocycles. The Morgan fingerprint density at radius 2 is 1.31 bits per heavy atom. The second-order valence-corrected chi connectivity index (χ2v) is 10.4. The van der Waals surface area contributed by atoms with Gasteiger partial charge in [0.1, 0.15) is 6.61 Å². The molecule has 1 unspecified atom stereocenters. The Morgan fingerprint density at radius 3 is 1.86 bits per heavy atom. The van der Waals surface area contributed by atoms with Crippen molar-refractivity contribution in [2.45, 2.75) is 52.6 Å². The van der Waals surface area contributed by atoms with E-state index in [1.807, 2.05) is 0 Å². The van der Waals surface area contributed by atoms with Crippen molar-refractivity contribution in [2.24, 2.45) is 0 Å². The average molecular weight is 595 g/mol. The van der Waals surface area contributed by atoms with Crippen molar-refractivity contribution in [1.82, 2.24) is 10.0 Å². The minimum atomic E-state index is -2.16. The number of carbonyl (C=O) groups excluding carboxylic acids is 5. The highest BCUT2D eigenvalue weighted by Crippen LogP contribution is 2.25. The number of hydrazine groups is 1. The molecule has 3 rings (SSSR count). The molecule has 0 radical (unpaired) electrons. The van der Waals surface area contributed by atoms with Crippen molar-refractivity contribution in [3.05, 3.63) is 107 Å². The van der Waals surface area contributed by atoms with Crippen LogP contribution in [0.25, 0.3) is 0 Å². The van der Waals surface area contributed by atoms with Crippen LogP contribution in [0.15, 0.2) is 84.9 Å². The number of nitrogens with zero attached hydrogens (tertiary/aromatic N) is 2. The molecule has 0 fully saturated rings. The summed E-state index contributed by atoms with van der Waals surface area (Å²) in [5.41, 5.74) is -0.382. The topological polar surface area (TPSA) is 120 Å². The predicted molar refractivity (Wildman–Crippen MR) is 153 cm³/mol. The summed E-state index contributed by atoms with van der Waals surface area (Å²) in [5.74, 6) is -3.73. The minimum Gasteiger partial charge on any atom is -0.455 e. The third-order valence-corrected chi connectivity index (χ3v) is 5.91. The highest BCUT2D eigenvalue weighted by atomic mass is 35.5. The van der Waals surface area contributed by atoms with E-state index in [9.17, 15) is 24.0 Å². The molecule has 0 aliphatic heterocycles. The van der Waals surface area contributed by atoms with Crippen LogP contribution in [0.1, 0.15) is 60.4 Å². The molecule has 0 spiro atoms.